The predicted molar refractivity (Wildman–Crippen MR) is 41.0 cm³/mol. The van der Waals surface area contributed by atoms with E-state index >= 15 is 0 Å². The summed E-state index contributed by atoms with van der Waals surface area (Å²) in [4.78, 5) is 10.5. The minimum Gasteiger partial charge on any atom is -0.438 e. The molecule has 0 rings (SSSR count). The van der Waals surface area contributed by atoms with Gasteiger partial charge >= 0.3 is 6.16 Å². The molecule has 0 aromatic heterocycles. The first kappa shape index (κ1) is 9.83. The van der Waals surface area contributed by atoms with Gasteiger partial charge in [0.2, 0.25) is 0 Å². The third kappa shape index (κ3) is 4.26. The molecule has 1 unspecified atom stereocenters. The smallest absolute Gasteiger partial charge is 0.438 e. The van der Waals surface area contributed by atoms with Crippen LogP contribution in [-0.4, -0.2) is 19.4 Å². The average Bonchev–Trinajstić information content (AvgIpc) is 2.03. The molecule has 0 aromatic rings. The zero-order valence-electron chi connectivity index (χ0n) is 7.01. The van der Waals surface area contributed by atoms with Crippen LogP contribution in [0.15, 0.2) is 0 Å². The van der Waals surface area contributed by atoms with E-state index in [1.807, 2.05) is 6.92 Å². The summed E-state index contributed by atoms with van der Waals surface area (Å²) in [5, 5.41) is 0. The lowest BCUT2D eigenvalue weighted by molar-refractivity contribution is 0.0543. The molecular formula is C8H12O3. The molecule has 0 aliphatic heterocycles. The summed E-state index contributed by atoms with van der Waals surface area (Å²) in [5.41, 5.74) is 0. The van der Waals surface area contributed by atoms with Gasteiger partial charge in [-0.2, -0.15) is 0 Å². The van der Waals surface area contributed by atoms with Gasteiger partial charge in [0.15, 0.2) is 6.10 Å². The van der Waals surface area contributed by atoms with Crippen LogP contribution in [0.2, 0.25) is 0 Å². The molecule has 0 saturated heterocycles. The van der Waals surface area contributed by atoms with E-state index < -0.39 is 6.16 Å². The highest BCUT2D eigenvalue weighted by molar-refractivity contribution is 5.60. The van der Waals surface area contributed by atoms with Gasteiger partial charge in [0, 0.05) is 0 Å². The molecule has 0 fully saturated rings. The lowest BCUT2D eigenvalue weighted by Crippen LogP contribution is -2.15. The van der Waals surface area contributed by atoms with Gasteiger partial charge in [-0.05, 0) is 13.3 Å². The van der Waals surface area contributed by atoms with Gasteiger partial charge in [0.1, 0.15) is 0 Å². The molecule has 0 spiro atoms. The fraction of sp³-hybridized carbons (Fsp3) is 0.625. The molecule has 0 aromatic carbocycles. The highest BCUT2D eigenvalue weighted by Gasteiger charge is 2.08. The van der Waals surface area contributed by atoms with E-state index in [0.29, 0.717) is 6.42 Å². The molecule has 3 heteroatoms. The molecule has 0 heterocycles. The number of carbonyl (C=O) groups excluding carboxylic acids is 1. The van der Waals surface area contributed by atoms with Crippen LogP contribution in [0.1, 0.15) is 20.3 Å². The van der Waals surface area contributed by atoms with Crippen molar-refractivity contribution in [2.24, 2.45) is 0 Å². The first-order chi connectivity index (χ1) is 5.24. The lowest BCUT2D eigenvalue weighted by atomic mass is 10.3. The van der Waals surface area contributed by atoms with Crippen LogP contribution in [0.3, 0.4) is 0 Å². The number of methoxy groups -OCH3 is 1. The number of rotatable bonds is 2. The van der Waals surface area contributed by atoms with Crippen LogP contribution >= 0.6 is 0 Å². The fourth-order valence-corrected chi connectivity index (χ4v) is 0.540. The highest BCUT2D eigenvalue weighted by Crippen LogP contribution is 1.97. The first-order valence-electron chi connectivity index (χ1n) is 3.41. The average molecular weight is 156 g/mol. The van der Waals surface area contributed by atoms with E-state index in [4.69, 9.17) is 4.74 Å². The van der Waals surface area contributed by atoms with E-state index in [1.165, 1.54) is 7.11 Å². The van der Waals surface area contributed by atoms with Crippen molar-refractivity contribution in [3.63, 3.8) is 0 Å². The molecule has 0 aliphatic carbocycles. The van der Waals surface area contributed by atoms with E-state index in [1.54, 1.807) is 6.92 Å². The highest BCUT2D eigenvalue weighted by atomic mass is 16.7. The Labute approximate surface area is 66.7 Å². The maximum absolute atomic E-state index is 10.5. The summed E-state index contributed by atoms with van der Waals surface area (Å²) in [5.74, 6) is 5.39. The topological polar surface area (TPSA) is 35.5 Å². The monoisotopic (exact) mass is 156 g/mol. The van der Waals surface area contributed by atoms with Gasteiger partial charge < -0.3 is 9.47 Å². The van der Waals surface area contributed by atoms with E-state index in [9.17, 15) is 4.79 Å². The third-order valence-electron chi connectivity index (χ3n) is 1.08. The third-order valence-corrected chi connectivity index (χ3v) is 1.08. The Hall–Kier alpha value is -1.17. The van der Waals surface area contributed by atoms with Gasteiger partial charge in [-0.15, -0.1) is 5.92 Å². The molecule has 0 bridgehead atoms. The van der Waals surface area contributed by atoms with Crippen molar-refractivity contribution in [3.8, 4) is 11.8 Å². The van der Waals surface area contributed by atoms with Crippen molar-refractivity contribution in [2.45, 2.75) is 26.4 Å². The van der Waals surface area contributed by atoms with Crippen LogP contribution < -0.4 is 0 Å². The normalized spacial score (nSPS) is 10.8. The van der Waals surface area contributed by atoms with Crippen molar-refractivity contribution in [3.05, 3.63) is 0 Å². The molecule has 0 amide bonds. The van der Waals surface area contributed by atoms with Crippen LogP contribution in [0, 0.1) is 11.8 Å². The summed E-state index contributed by atoms with van der Waals surface area (Å²) in [7, 11) is 1.27. The summed E-state index contributed by atoms with van der Waals surface area (Å²) in [6.45, 7) is 3.58. The fourth-order valence-electron chi connectivity index (χ4n) is 0.540. The van der Waals surface area contributed by atoms with Gasteiger partial charge in [-0.1, -0.05) is 12.8 Å². The van der Waals surface area contributed by atoms with Gasteiger partial charge in [0.25, 0.3) is 0 Å². The molecule has 0 saturated carbocycles. The Balaban J connectivity index is 3.84. The van der Waals surface area contributed by atoms with Crippen molar-refractivity contribution < 1.29 is 14.3 Å². The largest absolute Gasteiger partial charge is 0.509 e. The second-order valence-corrected chi connectivity index (χ2v) is 1.86. The van der Waals surface area contributed by atoms with Crippen LogP contribution in [-0.2, 0) is 9.47 Å². The van der Waals surface area contributed by atoms with E-state index in [2.05, 4.69) is 16.6 Å². The standard InChI is InChI=1S/C8H12O3/c1-4-6-7(5-2)11-8(9)10-3/h7H,5H2,1-3H3. The zero-order valence-corrected chi connectivity index (χ0v) is 7.01. The second-order valence-electron chi connectivity index (χ2n) is 1.86. The van der Waals surface area contributed by atoms with Crippen molar-refractivity contribution in [1.82, 2.24) is 0 Å². The molecule has 0 aliphatic rings. The van der Waals surface area contributed by atoms with Crippen molar-refractivity contribution in [1.29, 1.82) is 0 Å². The number of hydrogen-bond acceptors (Lipinski definition) is 3. The Morgan fingerprint density at radius 2 is 2.27 bits per heavy atom. The molecule has 3 nitrogen and oxygen atoms in total. The Kier molecular flexibility index (Phi) is 5.01. The Morgan fingerprint density at radius 1 is 1.64 bits per heavy atom. The van der Waals surface area contributed by atoms with Crippen LogP contribution in [0.25, 0.3) is 0 Å². The SMILES string of the molecule is CC#CC(CC)OC(=O)OC. The van der Waals surface area contributed by atoms with Gasteiger partial charge in [-0.3, -0.25) is 0 Å². The minimum atomic E-state index is -0.681. The molecule has 11 heavy (non-hydrogen) atoms. The maximum atomic E-state index is 10.5. The molecule has 62 valence electrons. The predicted octanol–water partition coefficient (Wildman–Crippen LogP) is 1.57. The Morgan fingerprint density at radius 3 is 2.64 bits per heavy atom. The van der Waals surface area contributed by atoms with Crippen LogP contribution in [0.4, 0.5) is 4.79 Å². The van der Waals surface area contributed by atoms with E-state index in [0.717, 1.165) is 0 Å². The maximum Gasteiger partial charge on any atom is 0.509 e. The number of hydrogen-bond donors (Lipinski definition) is 0. The Bertz CT molecular complexity index is 176. The zero-order chi connectivity index (χ0) is 8.69. The second kappa shape index (κ2) is 5.60. The number of carbonyl (C=O) groups is 1. The quantitative estimate of drug-likeness (QED) is 0.449. The molecule has 1 atom stereocenters. The van der Waals surface area contributed by atoms with E-state index in [-0.39, 0.29) is 6.10 Å². The summed E-state index contributed by atoms with van der Waals surface area (Å²) < 4.78 is 9.05. The summed E-state index contributed by atoms with van der Waals surface area (Å²) in [6, 6.07) is 0. The lowest BCUT2D eigenvalue weighted by Gasteiger charge is -2.07. The molecular weight excluding hydrogens is 144 g/mol. The van der Waals surface area contributed by atoms with Gasteiger partial charge in [0.05, 0.1) is 7.11 Å². The number of ether oxygens (including phenoxy) is 2. The van der Waals surface area contributed by atoms with Crippen molar-refractivity contribution in [2.75, 3.05) is 7.11 Å². The van der Waals surface area contributed by atoms with Crippen molar-refractivity contribution >= 4 is 6.16 Å². The van der Waals surface area contributed by atoms with Gasteiger partial charge in [-0.25, -0.2) is 4.79 Å². The first-order valence-corrected chi connectivity index (χ1v) is 3.41. The summed E-state index contributed by atoms with van der Waals surface area (Å²) >= 11 is 0. The van der Waals surface area contributed by atoms with Crippen LogP contribution in [0.5, 0.6) is 0 Å². The summed E-state index contributed by atoms with van der Waals surface area (Å²) in [6.07, 6.45) is -0.345. The molecule has 0 N–H and O–H groups in total. The molecule has 0 radical (unpaired) electrons. The minimum absolute atomic E-state index is 0.340.